The van der Waals surface area contributed by atoms with Gasteiger partial charge in [0.15, 0.2) is 0 Å². The third-order valence-corrected chi connectivity index (χ3v) is 1.45. The molecule has 0 heterocycles. The first-order valence-corrected chi connectivity index (χ1v) is 5.60. The third-order valence-electron chi connectivity index (χ3n) is 1.45. The van der Waals surface area contributed by atoms with Gasteiger partial charge in [-0.15, -0.1) is 0 Å². The fourth-order valence-electron chi connectivity index (χ4n) is 0.621. The van der Waals surface area contributed by atoms with Gasteiger partial charge in [0.2, 0.25) is 5.91 Å². The zero-order chi connectivity index (χ0) is 13.7. The van der Waals surface area contributed by atoms with Crippen molar-refractivity contribution in [2.75, 3.05) is 0 Å². The predicted molar refractivity (Wildman–Crippen MR) is 73.6 cm³/mol. The molecule has 0 aromatic carbocycles. The number of allylic oxidation sites excluding steroid dienone is 2. The molecule has 0 aromatic heterocycles. The van der Waals surface area contributed by atoms with Gasteiger partial charge in [0, 0.05) is 6.92 Å². The van der Waals surface area contributed by atoms with E-state index >= 15 is 0 Å². The summed E-state index contributed by atoms with van der Waals surface area (Å²) in [4.78, 5) is 14.4. The number of nitrogens with zero attached hydrogens (tertiary/aromatic N) is 1. The van der Waals surface area contributed by atoms with Crippen molar-refractivity contribution in [1.82, 2.24) is 5.32 Å². The molecule has 0 saturated carbocycles. The molecular formula is C13H26N2O. The number of carbonyl (C=O) groups is 1. The summed E-state index contributed by atoms with van der Waals surface area (Å²) < 4.78 is 0. The SMILES string of the molecule is C=N/C(NC(C)=O)=C(/C)C(=C)C.CC.CC. The molecule has 3 heteroatoms. The molecule has 16 heavy (non-hydrogen) atoms. The summed E-state index contributed by atoms with van der Waals surface area (Å²) in [5.41, 5.74) is 1.71. The molecule has 3 nitrogen and oxygen atoms in total. The second kappa shape index (κ2) is 13.6. The predicted octanol–water partition coefficient (Wildman–Crippen LogP) is 3.68. The van der Waals surface area contributed by atoms with E-state index in [0.29, 0.717) is 5.82 Å². The first-order valence-electron chi connectivity index (χ1n) is 5.60. The van der Waals surface area contributed by atoms with Gasteiger partial charge in [-0.05, 0) is 26.1 Å². The maximum absolute atomic E-state index is 10.7. The maximum Gasteiger partial charge on any atom is 0.222 e. The lowest BCUT2D eigenvalue weighted by molar-refractivity contribution is -0.118. The van der Waals surface area contributed by atoms with Gasteiger partial charge < -0.3 is 5.32 Å². The van der Waals surface area contributed by atoms with E-state index < -0.39 is 0 Å². The maximum atomic E-state index is 10.7. The van der Waals surface area contributed by atoms with Crippen LogP contribution in [-0.2, 0) is 4.79 Å². The molecule has 0 unspecified atom stereocenters. The molecule has 0 atom stereocenters. The topological polar surface area (TPSA) is 41.5 Å². The van der Waals surface area contributed by atoms with E-state index in [9.17, 15) is 4.79 Å². The quantitative estimate of drug-likeness (QED) is 0.579. The minimum atomic E-state index is -0.155. The molecule has 0 fully saturated rings. The van der Waals surface area contributed by atoms with Crippen molar-refractivity contribution in [1.29, 1.82) is 0 Å². The van der Waals surface area contributed by atoms with Gasteiger partial charge in [0.1, 0.15) is 5.82 Å². The summed E-state index contributed by atoms with van der Waals surface area (Å²) in [6.07, 6.45) is 0. The normalized spacial score (nSPS) is 9.44. The first-order chi connectivity index (χ1) is 7.49. The standard InChI is InChI=1S/C9H14N2O.2C2H6/c1-6(2)7(3)9(10-5)11-8(4)12;2*1-2/h1,5H2,2-4H3,(H,11,12);2*1-2H3/b9-7+;;. The summed E-state index contributed by atoms with van der Waals surface area (Å²) >= 11 is 0. The van der Waals surface area contributed by atoms with Crippen molar-refractivity contribution >= 4 is 12.6 Å². The summed E-state index contributed by atoms with van der Waals surface area (Å²) in [5.74, 6) is 0.327. The Morgan fingerprint density at radius 1 is 1.06 bits per heavy atom. The molecule has 94 valence electrons. The van der Waals surface area contributed by atoms with Crippen molar-refractivity contribution in [2.24, 2.45) is 4.99 Å². The molecular weight excluding hydrogens is 200 g/mol. The number of hydrogen-bond acceptors (Lipinski definition) is 2. The number of hydrogen-bond donors (Lipinski definition) is 1. The van der Waals surface area contributed by atoms with E-state index in [1.807, 2.05) is 41.5 Å². The van der Waals surface area contributed by atoms with Gasteiger partial charge >= 0.3 is 0 Å². The average Bonchev–Trinajstić information content (AvgIpc) is 2.30. The highest BCUT2D eigenvalue weighted by Crippen LogP contribution is 2.10. The van der Waals surface area contributed by atoms with Crippen LogP contribution in [0.4, 0.5) is 0 Å². The molecule has 0 bridgehead atoms. The monoisotopic (exact) mass is 226 g/mol. The smallest absolute Gasteiger partial charge is 0.222 e. The average molecular weight is 226 g/mol. The second-order valence-electron chi connectivity index (χ2n) is 2.59. The van der Waals surface area contributed by atoms with Crippen LogP contribution in [0.1, 0.15) is 48.5 Å². The number of rotatable bonds is 3. The van der Waals surface area contributed by atoms with E-state index in [0.717, 1.165) is 11.1 Å². The highest BCUT2D eigenvalue weighted by atomic mass is 16.1. The molecule has 0 saturated heterocycles. The molecule has 0 radical (unpaired) electrons. The van der Waals surface area contributed by atoms with Crippen molar-refractivity contribution < 1.29 is 4.79 Å². The molecule has 0 aromatic rings. The fourth-order valence-corrected chi connectivity index (χ4v) is 0.621. The van der Waals surface area contributed by atoms with E-state index in [2.05, 4.69) is 23.6 Å². The van der Waals surface area contributed by atoms with Gasteiger partial charge in [-0.3, -0.25) is 4.79 Å². The van der Waals surface area contributed by atoms with Crippen LogP contribution in [0.25, 0.3) is 0 Å². The Morgan fingerprint density at radius 2 is 1.44 bits per heavy atom. The highest BCUT2D eigenvalue weighted by molar-refractivity contribution is 5.75. The zero-order valence-electron chi connectivity index (χ0n) is 11.8. The van der Waals surface area contributed by atoms with Crippen molar-refractivity contribution in [3.8, 4) is 0 Å². The molecule has 1 N–H and O–H groups in total. The fraction of sp³-hybridized carbons (Fsp3) is 0.538. The third kappa shape index (κ3) is 10.7. The molecule has 0 spiro atoms. The van der Waals surface area contributed by atoms with Crippen molar-refractivity contribution in [3.05, 3.63) is 23.5 Å². The van der Waals surface area contributed by atoms with Gasteiger partial charge in [-0.2, -0.15) is 0 Å². The van der Waals surface area contributed by atoms with Gasteiger partial charge in [-0.1, -0.05) is 39.8 Å². The molecule has 0 aliphatic rings. The van der Waals surface area contributed by atoms with Gasteiger partial charge in [0.05, 0.1) is 0 Å². The van der Waals surface area contributed by atoms with Gasteiger partial charge in [0.25, 0.3) is 0 Å². The molecule has 0 aliphatic heterocycles. The van der Waals surface area contributed by atoms with E-state index in [-0.39, 0.29) is 5.91 Å². The largest absolute Gasteiger partial charge is 0.311 e. The minimum Gasteiger partial charge on any atom is -0.311 e. The number of amides is 1. The summed E-state index contributed by atoms with van der Waals surface area (Å²) in [7, 11) is 0. The van der Waals surface area contributed by atoms with Crippen LogP contribution < -0.4 is 5.32 Å². The molecule has 0 rings (SSSR count). The van der Waals surface area contributed by atoms with Crippen LogP contribution in [0.2, 0.25) is 0 Å². The van der Waals surface area contributed by atoms with E-state index in [1.165, 1.54) is 6.92 Å². The van der Waals surface area contributed by atoms with Crippen LogP contribution in [0, 0.1) is 0 Å². The second-order valence-corrected chi connectivity index (χ2v) is 2.59. The van der Waals surface area contributed by atoms with Crippen molar-refractivity contribution in [3.63, 3.8) is 0 Å². The lowest BCUT2D eigenvalue weighted by Crippen LogP contribution is -2.19. The van der Waals surface area contributed by atoms with Crippen LogP contribution in [0.15, 0.2) is 28.5 Å². The van der Waals surface area contributed by atoms with Gasteiger partial charge in [-0.25, -0.2) is 4.99 Å². The van der Waals surface area contributed by atoms with Crippen LogP contribution in [0.5, 0.6) is 0 Å². The number of carbonyl (C=O) groups excluding carboxylic acids is 1. The van der Waals surface area contributed by atoms with E-state index in [4.69, 9.17) is 0 Å². The Hall–Kier alpha value is -1.38. The Labute approximate surface area is 100 Å². The van der Waals surface area contributed by atoms with Crippen LogP contribution >= 0.6 is 0 Å². The Balaban J connectivity index is -0.000000376. The summed E-state index contributed by atoms with van der Waals surface area (Å²) in [5, 5.41) is 2.56. The minimum absolute atomic E-state index is 0.155. The Morgan fingerprint density at radius 3 is 1.62 bits per heavy atom. The lowest BCUT2D eigenvalue weighted by atomic mass is 10.1. The molecule has 0 aliphatic carbocycles. The summed E-state index contributed by atoms with van der Waals surface area (Å²) in [6, 6.07) is 0. The number of aliphatic imine (C=N–C) groups is 1. The molecule has 1 amide bonds. The zero-order valence-corrected chi connectivity index (χ0v) is 11.8. The van der Waals surface area contributed by atoms with Crippen LogP contribution in [0.3, 0.4) is 0 Å². The van der Waals surface area contributed by atoms with Crippen LogP contribution in [-0.4, -0.2) is 12.6 Å². The first kappa shape index (κ1) is 20.1. The van der Waals surface area contributed by atoms with E-state index in [1.54, 1.807) is 0 Å². The summed E-state index contributed by atoms with van der Waals surface area (Å²) in [6.45, 7) is 20.2. The lowest BCUT2D eigenvalue weighted by Gasteiger charge is -2.06. The van der Waals surface area contributed by atoms with Crippen molar-refractivity contribution in [2.45, 2.75) is 48.5 Å². The Kier molecular flexibility index (Phi) is 17.1. The number of nitrogens with one attached hydrogen (secondary N) is 1. The Bertz CT molecular complexity index is 253. The highest BCUT2D eigenvalue weighted by Gasteiger charge is 2.01.